The average Bonchev–Trinajstić information content (AvgIpc) is 2.57. The summed E-state index contributed by atoms with van der Waals surface area (Å²) >= 11 is 0. The summed E-state index contributed by atoms with van der Waals surface area (Å²) in [6, 6.07) is 5.95. The maximum atomic E-state index is 5.96. The van der Waals surface area contributed by atoms with E-state index >= 15 is 0 Å². The molecule has 2 aromatic heterocycles. The fraction of sp³-hybridized carbons (Fsp3) is 0.333. The Morgan fingerprint density at radius 2 is 2.18 bits per heavy atom. The fourth-order valence-corrected chi connectivity index (χ4v) is 1.76. The zero-order valence-corrected chi connectivity index (χ0v) is 10.3. The van der Waals surface area contributed by atoms with Crippen LogP contribution in [0.2, 0.25) is 0 Å². The number of hydrogen-bond acceptors (Lipinski definition) is 4. The highest BCUT2D eigenvalue weighted by Crippen LogP contribution is 2.25. The molecule has 3 N–H and O–H groups in total. The Morgan fingerprint density at radius 3 is 2.71 bits per heavy atom. The molecule has 0 aromatic carbocycles. The van der Waals surface area contributed by atoms with Crippen molar-refractivity contribution in [1.82, 2.24) is 14.8 Å². The van der Waals surface area contributed by atoms with E-state index in [-0.39, 0.29) is 6.04 Å². The zero-order valence-electron chi connectivity index (χ0n) is 10.3. The van der Waals surface area contributed by atoms with Gasteiger partial charge in [0.25, 0.3) is 0 Å². The summed E-state index contributed by atoms with van der Waals surface area (Å²) in [7, 11) is 1.87. The molecule has 0 fully saturated rings. The number of rotatable bonds is 3. The highest BCUT2D eigenvalue weighted by molar-refractivity contribution is 5.65. The Labute approximate surface area is 101 Å². The van der Waals surface area contributed by atoms with E-state index in [0.717, 1.165) is 17.2 Å². The zero-order chi connectivity index (χ0) is 12.4. The van der Waals surface area contributed by atoms with E-state index in [9.17, 15) is 0 Å². The summed E-state index contributed by atoms with van der Waals surface area (Å²) in [5.74, 6) is 0.834. The maximum Gasteiger partial charge on any atom is 0.148 e. The number of hydrogen-bond donors (Lipinski definition) is 2. The summed E-state index contributed by atoms with van der Waals surface area (Å²) in [6.07, 6.45) is 1.78. The minimum absolute atomic E-state index is 0.0910. The molecule has 5 heteroatoms. The van der Waals surface area contributed by atoms with Crippen molar-refractivity contribution < 1.29 is 0 Å². The molecule has 0 aliphatic carbocycles. The molecule has 1 unspecified atom stereocenters. The van der Waals surface area contributed by atoms with Crippen LogP contribution < -0.4 is 11.1 Å². The lowest BCUT2D eigenvalue weighted by atomic mass is 10.2. The first-order valence-electron chi connectivity index (χ1n) is 5.56. The van der Waals surface area contributed by atoms with Crippen molar-refractivity contribution in [1.29, 1.82) is 0 Å². The van der Waals surface area contributed by atoms with Gasteiger partial charge in [0.1, 0.15) is 5.82 Å². The third-order valence-electron chi connectivity index (χ3n) is 2.75. The highest BCUT2D eigenvalue weighted by Gasteiger charge is 2.13. The molecule has 0 radical (unpaired) electrons. The van der Waals surface area contributed by atoms with E-state index < -0.39 is 0 Å². The van der Waals surface area contributed by atoms with Gasteiger partial charge in [-0.3, -0.25) is 9.67 Å². The van der Waals surface area contributed by atoms with E-state index in [2.05, 4.69) is 15.4 Å². The summed E-state index contributed by atoms with van der Waals surface area (Å²) in [6.45, 7) is 3.94. The molecule has 17 heavy (non-hydrogen) atoms. The monoisotopic (exact) mass is 231 g/mol. The standard InChI is InChI=1S/C12H17N5/c1-8(10-6-4-5-7-14-10)15-12-11(13)9(2)16-17(12)3/h4-8,15H,13H2,1-3H3. The molecule has 0 saturated heterocycles. The number of aryl methyl sites for hydroxylation is 2. The van der Waals surface area contributed by atoms with Crippen LogP contribution in [0.4, 0.5) is 11.5 Å². The van der Waals surface area contributed by atoms with Crippen molar-refractivity contribution in [3.63, 3.8) is 0 Å². The number of nitrogens with zero attached hydrogens (tertiary/aromatic N) is 3. The molecule has 1 atom stereocenters. The molecule has 2 aromatic rings. The lowest BCUT2D eigenvalue weighted by Crippen LogP contribution is -2.12. The lowest BCUT2D eigenvalue weighted by molar-refractivity contribution is 0.737. The van der Waals surface area contributed by atoms with Gasteiger partial charge >= 0.3 is 0 Å². The van der Waals surface area contributed by atoms with Crippen LogP contribution in [0.5, 0.6) is 0 Å². The second-order valence-corrected chi connectivity index (χ2v) is 4.09. The van der Waals surface area contributed by atoms with E-state index in [0.29, 0.717) is 5.69 Å². The summed E-state index contributed by atoms with van der Waals surface area (Å²) in [5, 5.41) is 7.59. The van der Waals surface area contributed by atoms with Crippen LogP contribution in [-0.2, 0) is 7.05 Å². The van der Waals surface area contributed by atoms with Gasteiger partial charge in [-0.05, 0) is 26.0 Å². The van der Waals surface area contributed by atoms with E-state index in [4.69, 9.17) is 5.73 Å². The molecule has 0 aliphatic rings. The Bertz CT molecular complexity index is 503. The van der Waals surface area contributed by atoms with Crippen molar-refractivity contribution in [3.8, 4) is 0 Å². The molecular weight excluding hydrogens is 214 g/mol. The van der Waals surface area contributed by atoms with Gasteiger partial charge in [-0.2, -0.15) is 5.10 Å². The van der Waals surface area contributed by atoms with Gasteiger partial charge in [0.15, 0.2) is 0 Å². The molecular formula is C12H17N5. The highest BCUT2D eigenvalue weighted by atomic mass is 15.3. The Morgan fingerprint density at radius 1 is 1.41 bits per heavy atom. The lowest BCUT2D eigenvalue weighted by Gasteiger charge is -2.15. The van der Waals surface area contributed by atoms with Crippen LogP contribution in [0, 0.1) is 6.92 Å². The number of nitrogens with one attached hydrogen (secondary N) is 1. The molecule has 0 bridgehead atoms. The molecule has 0 amide bonds. The molecule has 0 spiro atoms. The number of aromatic nitrogens is 3. The van der Waals surface area contributed by atoms with Crippen LogP contribution in [0.15, 0.2) is 24.4 Å². The fourth-order valence-electron chi connectivity index (χ4n) is 1.76. The number of pyridine rings is 1. The van der Waals surface area contributed by atoms with Gasteiger partial charge < -0.3 is 11.1 Å². The Kier molecular flexibility index (Phi) is 2.99. The molecule has 2 heterocycles. The number of nitrogen functional groups attached to an aromatic ring is 1. The third kappa shape index (κ3) is 2.22. The van der Waals surface area contributed by atoms with Crippen molar-refractivity contribution in [2.24, 2.45) is 7.05 Å². The second-order valence-electron chi connectivity index (χ2n) is 4.09. The summed E-state index contributed by atoms with van der Waals surface area (Å²) < 4.78 is 1.75. The SMILES string of the molecule is Cc1nn(C)c(NC(C)c2ccccn2)c1N. The second kappa shape index (κ2) is 4.45. The van der Waals surface area contributed by atoms with Crippen LogP contribution >= 0.6 is 0 Å². The quantitative estimate of drug-likeness (QED) is 0.846. The first-order valence-corrected chi connectivity index (χ1v) is 5.56. The summed E-state index contributed by atoms with van der Waals surface area (Å²) in [4.78, 5) is 4.31. The van der Waals surface area contributed by atoms with Crippen molar-refractivity contribution >= 4 is 11.5 Å². The number of anilines is 2. The largest absolute Gasteiger partial charge is 0.394 e. The van der Waals surface area contributed by atoms with E-state index in [1.807, 2.05) is 39.1 Å². The molecule has 0 saturated carbocycles. The minimum Gasteiger partial charge on any atom is -0.394 e. The Hall–Kier alpha value is -2.04. The molecule has 5 nitrogen and oxygen atoms in total. The molecule has 90 valence electrons. The first-order chi connectivity index (χ1) is 8.09. The molecule has 0 aliphatic heterocycles. The molecule has 2 rings (SSSR count). The van der Waals surface area contributed by atoms with E-state index in [1.165, 1.54) is 0 Å². The van der Waals surface area contributed by atoms with Crippen LogP contribution in [-0.4, -0.2) is 14.8 Å². The normalized spacial score (nSPS) is 12.4. The predicted molar refractivity (Wildman–Crippen MR) is 68.6 cm³/mol. The van der Waals surface area contributed by atoms with Crippen molar-refractivity contribution in [2.75, 3.05) is 11.1 Å². The van der Waals surface area contributed by atoms with Crippen LogP contribution in [0.3, 0.4) is 0 Å². The number of nitrogens with two attached hydrogens (primary N) is 1. The van der Waals surface area contributed by atoms with Crippen molar-refractivity contribution in [3.05, 3.63) is 35.8 Å². The third-order valence-corrected chi connectivity index (χ3v) is 2.75. The van der Waals surface area contributed by atoms with Gasteiger partial charge in [0, 0.05) is 13.2 Å². The minimum atomic E-state index is 0.0910. The Balaban J connectivity index is 2.22. The summed E-state index contributed by atoms with van der Waals surface area (Å²) in [5.41, 5.74) is 8.47. The average molecular weight is 231 g/mol. The van der Waals surface area contributed by atoms with Gasteiger partial charge in [-0.15, -0.1) is 0 Å². The van der Waals surface area contributed by atoms with Crippen LogP contribution in [0.1, 0.15) is 24.4 Å². The van der Waals surface area contributed by atoms with Crippen molar-refractivity contribution in [2.45, 2.75) is 19.9 Å². The van der Waals surface area contributed by atoms with Gasteiger partial charge in [0.05, 0.1) is 23.1 Å². The van der Waals surface area contributed by atoms with Gasteiger partial charge in [0.2, 0.25) is 0 Å². The van der Waals surface area contributed by atoms with Gasteiger partial charge in [-0.25, -0.2) is 0 Å². The van der Waals surface area contributed by atoms with E-state index in [1.54, 1.807) is 10.9 Å². The van der Waals surface area contributed by atoms with Gasteiger partial charge in [-0.1, -0.05) is 6.07 Å². The maximum absolute atomic E-state index is 5.96. The smallest absolute Gasteiger partial charge is 0.148 e. The topological polar surface area (TPSA) is 68.8 Å². The van der Waals surface area contributed by atoms with Crippen LogP contribution in [0.25, 0.3) is 0 Å². The first kappa shape index (κ1) is 11.4. The predicted octanol–water partition coefficient (Wildman–Crippen LogP) is 1.88.